The monoisotopic (exact) mass is 187 g/mol. The lowest BCUT2D eigenvalue weighted by molar-refractivity contribution is 0.0685. The smallest absolute Gasteiger partial charge is 0.362 e. The van der Waals surface area contributed by atoms with Gasteiger partial charge in [0, 0.05) is 7.05 Å². The minimum Gasteiger partial charge on any atom is -0.476 e. The van der Waals surface area contributed by atoms with Gasteiger partial charge in [-0.05, 0) is 12.2 Å². The molecule has 0 saturated heterocycles. The van der Waals surface area contributed by atoms with Crippen molar-refractivity contribution in [2.24, 2.45) is 7.05 Å². The Balaban J connectivity index is 3.54. The normalized spacial score (nSPS) is 9.75. The van der Waals surface area contributed by atoms with Crippen LogP contribution in [-0.2, 0) is 7.05 Å². The van der Waals surface area contributed by atoms with E-state index in [1.807, 2.05) is 0 Å². The average molecular weight is 187 g/mol. The van der Waals surface area contributed by atoms with Gasteiger partial charge in [-0.1, -0.05) is 0 Å². The maximum absolute atomic E-state index is 10.9. The lowest BCUT2D eigenvalue weighted by Crippen LogP contribution is -2.24. The molecule has 0 saturated carbocycles. The summed E-state index contributed by atoms with van der Waals surface area (Å²) in [5, 5.41) is 11.9. The van der Waals surface area contributed by atoms with E-state index in [2.05, 4.69) is 22.3 Å². The molecule has 0 aliphatic carbocycles. The van der Waals surface area contributed by atoms with Crippen LogP contribution >= 0.6 is 12.2 Å². The molecule has 0 atom stereocenters. The summed E-state index contributed by atoms with van der Waals surface area (Å²) in [5.41, 5.74) is -1.35. The second kappa shape index (κ2) is 2.86. The predicted octanol–water partition coefficient (Wildman–Crippen LogP) is -0.464. The number of aromatic nitrogens is 3. The van der Waals surface area contributed by atoms with E-state index < -0.39 is 17.2 Å². The highest BCUT2D eigenvalue weighted by atomic mass is 32.1. The minimum atomic E-state index is -1.37. The quantitative estimate of drug-likeness (QED) is 0.580. The molecule has 0 fully saturated rings. The van der Waals surface area contributed by atoms with Crippen LogP contribution in [0.25, 0.3) is 0 Å². The third-order valence-electron chi connectivity index (χ3n) is 1.18. The number of H-pyrrole nitrogens is 1. The van der Waals surface area contributed by atoms with Crippen LogP contribution in [0.2, 0.25) is 0 Å². The van der Waals surface area contributed by atoms with Crippen LogP contribution in [0.5, 0.6) is 0 Å². The number of aromatic amines is 1. The van der Waals surface area contributed by atoms with Gasteiger partial charge in [-0.15, -0.1) is 0 Å². The molecule has 7 heteroatoms. The van der Waals surface area contributed by atoms with Crippen LogP contribution in [0, 0.1) is 4.77 Å². The Morgan fingerprint density at radius 2 is 2.33 bits per heavy atom. The molecule has 0 amide bonds. The Morgan fingerprint density at radius 1 is 1.75 bits per heavy atom. The average Bonchev–Trinajstić information content (AvgIpc) is 1.96. The summed E-state index contributed by atoms with van der Waals surface area (Å²) < 4.78 is 1.20. The van der Waals surface area contributed by atoms with Crippen molar-refractivity contribution >= 4 is 18.2 Å². The van der Waals surface area contributed by atoms with Crippen LogP contribution in [0.15, 0.2) is 4.79 Å². The van der Waals surface area contributed by atoms with Crippen molar-refractivity contribution in [1.82, 2.24) is 14.8 Å². The van der Waals surface area contributed by atoms with Crippen molar-refractivity contribution in [2.75, 3.05) is 0 Å². The van der Waals surface area contributed by atoms with E-state index in [0.717, 1.165) is 4.68 Å². The number of nitrogens with zero attached hydrogens (tertiary/aromatic N) is 2. The summed E-state index contributed by atoms with van der Waals surface area (Å²) >= 11 is 4.64. The molecule has 1 rings (SSSR count). The molecule has 0 aliphatic heterocycles. The van der Waals surface area contributed by atoms with Crippen molar-refractivity contribution in [3.63, 3.8) is 0 Å². The maximum Gasteiger partial charge on any atom is 0.362 e. The Kier molecular flexibility index (Phi) is 2.05. The molecule has 0 aromatic carbocycles. The minimum absolute atomic E-state index is 0.0880. The van der Waals surface area contributed by atoms with Gasteiger partial charge < -0.3 is 5.11 Å². The zero-order valence-corrected chi connectivity index (χ0v) is 6.88. The Morgan fingerprint density at radius 3 is 2.83 bits per heavy atom. The lowest BCUT2D eigenvalue weighted by Gasteiger charge is -1.96. The molecule has 0 spiro atoms. The SMILES string of the molecule is Cn1nc(C(=O)O)c(=O)[nH]c1=S. The molecule has 6 nitrogen and oxygen atoms in total. The molecule has 0 radical (unpaired) electrons. The summed E-state index contributed by atoms with van der Waals surface area (Å²) in [6, 6.07) is 0. The summed E-state index contributed by atoms with van der Waals surface area (Å²) in [6.45, 7) is 0. The van der Waals surface area contributed by atoms with Gasteiger partial charge in [0.15, 0.2) is 4.77 Å². The summed E-state index contributed by atoms with van der Waals surface area (Å²) in [6.07, 6.45) is 0. The third kappa shape index (κ3) is 1.40. The fourth-order valence-electron chi connectivity index (χ4n) is 0.618. The van der Waals surface area contributed by atoms with Crippen LogP contribution in [0.3, 0.4) is 0 Å². The number of hydrogen-bond acceptors (Lipinski definition) is 4. The van der Waals surface area contributed by atoms with Gasteiger partial charge in [-0.2, -0.15) is 5.10 Å². The van der Waals surface area contributed by atoms with Crippen LogP contribution in [0.1, 0.15) is 10.5 Å². The molecule has 0 aliphatic rings. The molecule has 0 unspecified atom stereocenters. The van der Waals surface area contributed by atoms with Crippen molar-refractivity contribution in [3.8, 4) is 0 Å². The van der Waals surface area contributed by atoms with Gasteiger partial charge in [0.2, 0.25) is 5.69 Å². The number of carbonyl (C=O) groups is 1. The topological polar surface area (TPSA) is 88.0 Å². The highest BCUT2D eigenvalue weighted by Crippen LogP contribution is 1.83. The highest BCUT2D eigenvalue weighted by molar-refractivity contribution is 7.71. The van der Waals surface area contributed by atoms with Gasteiger partial charge in [0.1, 0.15) is 0 Å². The van der Waals surface area contributed by atoms with Gasteiger partial charge in [0.25, 0.3) is 5.56 Å². The van der Waals surface area contributed by atoms with Crippen LogP contribution in [-0.4, -0.2) is 25.8 Å². The number of hydrogen-bond donors (Lipinski definition) is 2. The van der Waals surface area contributed by atoms with Crippen molar-refractivity contribution in [2.45, 2.75) is 0 Å². The molecular formula is C5H5N3O3S. The molecule has 1 aromatic heterocycles. The van der Waals surface area contributed by atoms with E-state index in [4.69, 9.17) is 5.11 Å². The van der Waals surface area contributed by atoms with Crippen LogP contribution < -0.4 is 5.56 Å². The van der Waals surface area contributed by atoms with Gasteiger partial charge in [-0.25, -0.2) is 9.48 Å². The number of carboxylic acid groups (broad SMARTS) is 1. The van der Waals surface area contributed by atoms with Gasteiger partial charge in [0.05, 0.1) is 0 Å². The zero-order chi connectivity index (χ0) is 9.30. The molecule has 64 valence electrons. The van der Waals surface area contributed by atoms with Crippen molar-refractivity contribution < 1.29 is 9.90 Å². The number of aromatic carboxylic acids is 1. The first-order valence-corrected chi connectivity index (χ1v) is 3.34. The number of rotatable bonds is 1. The summed E-state index contributed by atoms with van der Waals surface area (Å²) in [5.74, 6) is -1.37. The fourth-order valence-corrected chi connectivity index (χ4v) is 0.751. The van der Waals surface area contributed by atoms with Crippen molar-refractivity contribution in [1.29, 1.82) is 0 Å². The zero-order valence-electron chi connectivity index (χ0n) is 6.07. The Bertz CT molecular complexity index is 432. The largest absolute Gasteiger partial charge is 0.476 e. The summed E-state index contributed by atoms with van der Waals surface area (Å²) in [4.78, 5) is 23.4. The lowest BCUT2D eigenvalue weighted by atomic mass is 10.5. The molecule has 2 N–H and O–H groups in total. The third-order valence-corrected chi connectivity index (χ3v) is 1.55. The van der Waals surface area contributed by atoms with Gasteiger partial charge in [-0.3, -0.25) is 9.78 Å². The maximum atomic E-state index is 10.9. The van der Waals surface area contributed by atoms with Crippen LogP contribution in [0.4, 0.5) is 0 Å². The Labute approximate surface area is 71.5 Å². The molecule has 0 bridgehead atoms. The van der Waals surface area contributed by atoms with E-state index in [0.29, 0.717) is 0 Å². The molecule has 1 aromatic rings. The second-order valence-electron chi connectivity index (χ2n) is 2.04. The van der Waals surface area contributed by atoms with E-state index in [1.165, 1.54) is 7.05 Å². The predicted molar refractivity (Wildman–Crippen MR) is 41.6 cm³/mol. The van der Waals surface area contributed by atoms with Gasteiger partial charge >= 0.3 is 5.97 Å². The van der Waals surface area contributed by atoms with E-state index >= 15 is 0 Å². The van der Waals surface area contributed by atoms with Crippen molar-refractivity contribution in [3.05, 3.63) is 20.8 Å². The first-order chi connectivity index (χ1) is 5.52. The fraction of sp³-hybridized carbons (Fsp3) is 0.200. The molecular weight excluding hydrogens is 182 g/mol. The Hall–Kier alpha value is -1.50. The molecule has 1 heterocycles. The first-order valence-electron chi connectivity index (χ1n) is 2.93. The standard InChI is InChI=1S/C5H5N3O3S/c1-8-5(12)6-3(9)2(7-8)4(10)11/h1H3,(H,10,11)(H,6,9,12). The number of nitrogens with one attached hydrogen (secondary N) is 1. The molecule has 12 heavy (non-hydrogen) atoms. The number of aryl methyl sites for hydroxylation is 1. The van der Waals surface area contributed by atoms with E-state index in [-0.39, 0.29) is 4.77 Å². The summed E-state index contributed by atoms with van der Waals surface area (Å²) in [7, 11) is 1.45. The highest BCUT2D eigenvalue weighted by Gasteiger charge is 2.10. The second-order valence-corrected chi connectivity index (χ2v) is 2.42. The number of carboxylic acids is 1. The van der Waals surface area contributed by atoms with E-state index in [9.17, 15) is 9.59 Å². The first kappa shape index (κ1) is 8.60. The van der Waals surface area contributed by atoms with E-state index in [1.54, 1.807) is 0 Å².